The maximum absolute atomic E-state index is 5.51. The van der Waals surface area contributed by atoms with Crippen molar-refractivity contribution in [2.24, 2.45) is 0 Å². The Labute approximate surface area is 60.8 Å². The summed E-state index contributed by atoms with van der Waals surface area (Å²) in [5.41, 5.74) is 0.904. The molecular formula is C5H10ClNS. The van der Waals surface area contributed by atoms with E-state index in [1.54, 1.807) is 7.05 Å². The zero-order valence-electron chi connectivity index (χ0n) is 4.89. The molecule has 0 aromatic rings. The van der Waals surface area contributed by atoms with Crippen LogP contribution in [-0.4, -0.2) is 17.2 Å². The molecule has 0 amide bonds. The Balaban J connectivity index is 3.33. The van der Waals surface area contributed by atoms with Crippen LogP contribution in [0.3, 0.4) is 0 Å². The molecule has 0 saturated heterocycles. The highest BCUT2D eigenvalue weighted by Crippen LogP contribution is 2.06. The van der Waals surface area contributed by atoms with Gasteiger partial charge in [-0.1, -0.05) is 6.58 Å². The number of allylic oxidation sites excluding steroid dienone is 1. The lowest BCUT2D eigenvalue weighted by Gasteiger charge is -2.09. The summed E-state index contributed by atoms with van der Waals surface area (Å²) in [6, 6.07) is 0. The predicted octanol–water partition coefficient (Wildman–Crippen LogP) is 1.91. The average Bonchev–Trinajstić information content (AvgIpc) is 1.67. The fourth-order valence-electron chi connectivity index (χ4n) is 0.283. The van der Waals surface area contributed by atoms with E-state index < -0.39 is 0 Å². The summed E-state index contributed by atoms with van der Waals surface area (Å²) in [7, 11) is 1.76. The van der Waals surface area contributed by atoms with Crippen LogP contribution in [0.25, 0.3) is 0 Å². The summed E-state index contributed by atoms with van der Waals surface area (Å²) in [6.45, 7) is 3.69. The highest BCUT2D eigenvalue weighted by atomic mass is 35.5. The molecule has 0 aromatic heterocycles. The molecule has 0 atom stereocenters. The molecule has 0 aliphatic carbocycles. The molecule has 0 rings (SSSR count). The van der Waals surface area contributed by atoms with Crippen molar-refractivity contribution in [1.82, 2.24) is 4.42 Å². The van der Waals surface area contributed by atoms with Crippen LogP contribution in [0.15, 0.2) is 12.3 Å². The summed E-state index contributed by atoms with van der Waals surface area (Å²) in [5.74, 6) is 0.801. The van der Waals surface area contributed by atoms with Gasteiger partial charge in [0.25, 0.3) is 0 Å². The molecule has 0 spiro atoms. The van der Waals surface area contributed by atoms with E-state index in [0.29, 0.717) is 0 Å². The normalized spacial score (nSPS) is 8.88. The van der Waals surface area contributed by atoms with Gasteiger partial charge in [0.1, 0.15) is 0 Å². The molecule has 0 heterocycles. The van der Waals surface area contributed by atoms with Crippen LogP contribution in [0.1, 0.15) is 6.42 Å². The third-order valence-electron chi connectivity index (χ3n) is 0.836. The minimum absolute atomic E-state index is 0.801. The second-order valence-electron chi connectivity index (χ2n) is 1.52. The monoisotopic (exact) mass is 151 g/mol. The highest BCUT2D eigenvalue weighted by molar-refractivity contribution is 7.80. The van der Waals surface area contributed by atoms with Crippen molar-refractivity contribution in [3.63, 3.8) is 0 Å². The number of thiol groups is 1. The lowest BCUT2D eigenvalue weighted by Crippen LogP contribution is -2.02. The van der Waals surface area contributed by atoms with Gasteiger partial charge in [-0.3, -0.25) is 4.42 Å². The van der Waals surface area contributed by atoms with Gasteiger partial charge < -0.3 is 0 Å². The van der Waals surface area contributed by atoms with Gasteiger partial charge in [-0.15, -0.1) is 0 Å². The van der Waals surface area contributed by atoms with E-state index in [1.807, 2.05) is 0 Å². The number of nitrogens with zero attached hydrogens (tertiary/aromatic N) is 1. The number of hydrogen-bond donors (Lipinski definition) is 1. The molecule has 8 heavy (non-hydrogen) atoms. The molecule has 0 aromatic carbocycles. The van der Waals surface area contributed by atoms with Gasteiger partial charge in [0.15, 0.2) is 0 Å². The van der Waals surface area contributed by atoms with Gasteiger partial charge >= 0.3 is 0 Å². The Bertz CT molecular complexity index is 82.5. The minimum Gasteiger partial charge on any atom is -0.293 e. The molecule has 0 bridgehead atoms. The van der Waals surface area contributed by atoms with Crippen molar-refractivity contribution < 1.29 is 0 Å². The van der Waals surface area contributed by atoms with Crippen LogP contribution in [0.5, 0.6) is 0 Å². The van der Waals surface area contributed by atoms with Crippen molar-refractivity contribution in [3.8, 4) is 0 Å². The maximum atomic E-state index is 5.51. The Morgan fingerprint density at radius 1 is 1.88 bits per heavy atom. The highest BCUT2D eigenvalue weighted by Gasteiger charge is 1.93. The first kappa shape index (κ1) is 8.18. The van der Waals surface area contributed by atoms with Crippen molar-refractivity contribution >= 4 is 24.4 Å². The zero-order valence-corrected chi connectivity index (χ0v) is 6.54. The van der Waals surface area contributed by atoms with Gasteiger partial charge in [0.05, 0.1) is 0 Å². The molecule has 0 unspecified atom stereocenters. The van der Waals surface area contributed by atoms with E-state index in [0.717, 1.165) is 17.9 Å². The van der Waals surface area contributed by atoms with E-state index in [9.17, 15) is 0 Å². The minimum atomic E-state index is 0.801. The Morgan fingerprint density at radius 3 is 2.50 bits per heavy atom. The van der Waals surface area contributed by atoms with Crippen LogP contribution in [-0.2, 0) is 0 Å². The Hall–Kier alpha value is 0.180. The second-order valence-corrected chi connectivity index (χ2v) is 2.47. The van der Waals surface area contributed by atoms with Crippen LogP contribution < -0.4 is 0 Å². The van der Waals surface area contributed by atoms with E-state index in [4.69, 9.17) is 11.8 Å². The molecule has 0 N–H and O–H groups in total. The Kier molecular flexibility index (Phi) is 4.19. The number of hydrogen-bond acceptors (Lipinski definition) is 2. The quantitative estimate of drug-likeness (QED) is 0.477. The lowest BCUT2D eigenvalue weighted by molar-refractivity contribution is 0.655. The average molecular weight is 152 g/mol. The van der Waals surface area contributed by atoms with Gasteiger partial charge in [-0.2, -0.15) is 12.6 Å². The summed E-state index contributed by atoms with van der Waals surface area (Å²) in [6.07, 6.45) is 0.850. The van der Waals surface area contributed by atoms with E-state index in [2.05, 4.69) is 19.2 Å². The molecule has 0 fully saturated rings. The fourth-order valence-corrected chi connectivity index (χ4v) is 0.626. The van der Waals surface area contributed by atoms with Gasteiger partial charge in [0.2, 0.25) is 0 Å². The first-order valence-corrected chi connectivity index (χ1v) is 3.33. The third-order valence-corrected chi connectivity index (χ3v) is 1.30. The molecule has 3 heteroatoms. The van der Waals surface area contributed by atoms with E-state index >= 15 is 0 Å². The summed E-state index contributed by atoms with van der Waals surface area (Å²) in [5, 5.41) is 0. The fraction of sp³-hybridized carbons (Fsp3) is 0.600. The predicted molar refractivity (Wildman–Crippen MR) is 41.2 cm³/mol. The van der Waals surface area contributed by atoms with Crippen LogP contribution >= 0.6 is 24.4 Å². The van der Waals surface area contributed by atoms with Gasteiger partial charge in [0, 0.05) is 24.5 Å². The van der Waals surface area contributed by atoms with Crippen LogP contribution in [0, 0.1) is 0 Å². The summed E-state index contributed by atoms with van der Waals surface area (Å²) >= 11 is 9.52. The van der Waals surface area contributed by atoms with E-state index in [-0.39, 0.29) is 0 Å². The lowest BCUT2D eigenvalue weighted by atomic mass is 10.4. The molecule has 48 valence electrons. The van der Waals surface area contributed by atoms with Gasteiger partial charge in [-0.05, 0) is 12.2 Å². The van der Waals surface area contributed by atoms with Crippen molar-refractivity contribution in [1.29, 1.82) is 0 Å². The first-order valence-electron chi connectivity index (χ1n) is 2.36. The van der Waals surface area contributed by atoms with Crippen LogP contribution in [0.2, 0.25) is 0 Å². The van der Waals surface area contributed by atoms with Crippen molar-refractivity contribution in [2.75, 3.05) is 12.8 Å². The van der Waals surface area contributed by atoms with Gasteiger partial charge in [-0.25, -0.2) is 0 Å². The van der Waals surface area contributed by atoms with Crippen LogP contribution in [0.4, 0.5) is 0 Å². The van der Waals surface area contributed by atoms with Crippen molar-refractivity contribution in [3.05, 3.63) is 12.3 Å². The second kappa shape index (κ2) is 4.10. The Morgan fingerprint density at radius 2 is 2.38 bits per heavy atom. The topological polar surface area (TPSA) is 3.24 Å². The third kappa shape index (κ3) is 3.22. The summed E-state index contributed by atoms with van der Waals surface area (Å²) in [4.78, 5) is 0. The molecule has 1 nitrogen and oxygen atoms in total. The smallest absolute Gasteiger partial charge is 0.0233 e. The summed E-state index contributed by atoms with van der Waals surface area (Å²) < 4.78 is 1.48. The molecule has 0 saturated carbocycles. The molecular weight excluding hydrogens is 142 g/mol. The molecule has 0 aliphatic rings. The SMILES string of the molecule is C=C(CCS)N(C)Cl. The number of rotatable bonds is 3. The number of halogens is 1. The first-order chi connectivity index (χ1) is 3.68. The maximum Gasteiger partial charge on any atom is 0.0233 e. The zero-order chi connectivity index (χ0) is 6.57. The largest absolute Gasteiger partial charge is 0.293 e. The standard InChI is InChI=1S/C5H10ClNS/c1-5(3-4-8)7(2)6/h8H,1,3-4H2,2H3. The van der Waals surface area contributed by atoms with Crippen molar-refractivity contribution in [2.45, 2.75) is 6.42 Å². The van der Waals surface area contributed by atoms with E-state index in [1.165, 1.54) is 4.42 Å². The molecule has 0 radical (unpaired) electrons. The molecule has 0 aliphatic heterocycles.